The van der Waals surface area contributed by atoms with E-state index < -0.39 is 0 Å². The Balaban J connectivity index is 0.878. The van der Waals surface area contributed by atoms with Crippen LogP contribution in [0, 0.1) is 43.2 Å². The van der Waals surface area contributed by atoms with Crippen LogP contribution in [0.3, 0.4) is 0 Å². The minimum atomic E-state index is -0.323. The van der Waals surface area contributed by atoms with Crippen molar-refractivity contribution in [2.75, 3.05) is 9.80 Å². The van der Waals surface area contributed by atoms with Gasteiger partial charge in [0.1, 0.15) is 40.0 Å². The Labute approximate surface area is 549 Å². The highest BCUT2D eigenvalue weighted by molar-refractivity contribution is 6.00. The van der Waals surface area contributed by atoms with Gasteiger partial charge in [-0.25, -0.2) is 38.7 Å². The van der Waals surface area contributed by atoms with E-state index in [2.05, 4.69) is 224 Å². The van der Waals surface area contributed by atoms with Crippen molar-refractivity contribution in [3.05, 3.63) is 215 Å². The highest BCUT2D eigenvalue weighted by Gasteiger charge is 2.34. The van der Waals surface area contributed by atoms with Gasteiger partial charge in [-0.05, 0) is 179 Å². The van der Waals surface area contributed by atoms with Gasteiger partial charge < -0.3 is 17.6 Å². The zero-order chi connectivity index (χ0) is 66.5. The summed E-state index contributed by atoms with van der Waals surface area (Å²) >= 11 is 0. The summed E-state index contributed by atoms with van der Waals surface area (Å²) in [5.41, 5.74) is 12.7. The molecule has 478 valence electrons. The normalized spacial score (nSPS) is 13.0. The van der Waals surface area contributed by atoms with Crippen LogP contribution in [0.4, 0.5) is 43.4 Å². The Kier molecular flexibility index (Phi) is 14.5. The van der Waals surface area contributed by atoms with Crippen molar-refractivity contribution >= 4 is 100 Å². The van der Waals surface area contributed by atoms with Gasteiger partial charge in [0.2, 0.25) is 0 Å². The molecule has 0 aliphatic heterocycles. The Morgan fingerprint density at radius 3 is 1.30 bits per heavy atom. The Hall–Kier alpha value is -9.56. The van der Waals surface area contributed by atoms with Gasteiger partial charge in [0.15, 0.2) is 23.3 Å². The van der Waals surface area contributed by atoms with Crippen LogP contribution in [0.15, 0.2) is 152 Å². The lowest BCUT2D eigenvalue weighted by Crippen LogP contribution is -2.22. The van der Waals surface area contributed by atoms with E-state index in [4.69, 9.17) is 29.9 Å². The van der Waals surface area contributed by atoms with Crippen LogP contribution in [0.2, 0.25) is 0 Å². The summed E-state index contributed by atoms with van der Waals surface area (Å²) in [6.07, 6.45) is 15.4. The van der Waals surface area contributed by atoms with Crippen molar-refractivity contribution in [3.8, 4) is 0 Å². The third-order valence-corrected chi connectivity index (χ3v) is 18.8. The van der Waals surface area contributed by atoms with Crippen molar-refractivity contribution in [2.45, 2.75) is 160 Å². The smallest absolute Gasteiger partial charge is 0.161 e. The van der Waals surface area contributed by atoms with Crippen LogP contribution in [0.5, 0.6) is 0 Å². The minimum Gasteiger partial charge on any atom is -0.302 e. The van der Waals surface area contributed by atoms with Gasteiger partial charge in [0.05, 0.1) is 40.9 Å². The highest BCUT2D eigenvalue weighted by atomic mass is 19.1. The van der Waals surface area contributed by atoms with E-state index in [1.165, 1.54) is 34.4 Å². The standard InChI is InChI=1S/C80H84F2N12/c1-47-18-22-61-51(36-47)29-34-91-65(43-76(4,5)6)73(87-71(61)91)94(60-45-83-75(84-46-60)79(13,14)15)74-66(44-77(7,8)9)92-35-30-52-37-50(19-23-62(52)72(92)88-74)26-31-80(16,17)56-40-55(78(10,11)12)41-59(42-56)93(67-48(2)89-32-27-53-38-57(81)20-24-63(53)69(89)85-67)68-49(3)90-33-28-54-39-58(82)21-25-64(54)70(90)86-68/h18-25,27-30,32-42,45-46H,26,31,43-44H2,1-17H3. The molecule has 94 heavy (non-hydrogen) atoms. The first-order valence-corrected chi connectivity index (χ1v) is 32.9. The second-order valence-electron chi connectivity index (χ2n) is 31.4. The molecule has 0 atom stereocenters. The minimum absolute atomic E-state index is 0.0863. The lowest BCUT2D eigenvalue weighted by molar-refractivity contribution is 0.405. The molecule has 0 saturated carbocycles. The van der Waals surface area contributed by atoms with Gasteiger partial charge in [-0.3, -0.25) is 9.80 Å². The molecule has 9 heterocycles. The molecule has 9 aromatic heterocycles. The predicted octanol–water partition coefficient (Wildman–Crippen LogP) is 20.5. The molecule has 0 amide bonds. The molecule has 0 bridgehead atoms. The number of fused-ring (bicyclic) bond motifs is 12. The second kappa shape index (κ2) is 22.0. The fraction of sp³-hybridized carbons (Fsp3) is 0.325. The van der Waals surface area contributed by atoms with Crippen LogP contribution < -0.4 is 9.80 Å². The molecule has 0 unspecified atom stereocenters. The Bertz CT molecular complexity index is 5240. The zero-order valence-electron chi connectivity index (χ0n) is 57.4. The fourth-order valence-corrected chi connectivity index (χ4v) is 13.7. The maximum atomic E-state index is 14.7. The van der Waals surface area contributed by atoms with Gasteiger partial charge in [-0.1, -0.05) is 145 Å². The molecule has 14 aromatic rings. The molecular formula is C80H84F2N12. The highest BCUT2D eigenvalue weighted by Crippen LogP contribution is 2.47. The van der Waals surface area contributed by atoms with E-state index in [0.29, 0.717) is 11.6 Å². The largest absolute Gasteiger partial charge is 0.302 e. The van der Waals surface area contributed by atoms with Gasteiger partial charge in [-0.15, -0.1) is 0 Å². The van der Waals surface area contributed by atoms with Gasteiger partial charge in [0.25, 0.3) is 0 Å². The topological polar surface area (TPSA) is 101 Å². The summed E-state index contributed by atoms with van der Waals surface area (Å²) in [5, 5.41) is 7.63. The average Bonchev–Trinajstić information content (AvgIpc) is 1.59. The number of anilines is 6. The Morgan fingerprint density at radius 2 is 0.819 bits per heavy atom. The first-order chi connectivity index (χ1) is 44.4. The summed E-state index contributed by atoms with van der Waals surface area (Å²) in [6, 6.07) is 38.6. The summed E-state index contributed by atoms with van der Waals surface area (Å²) in [7, 11) is 0. The summed E-state index contributed by atoms with van der Waals surface area (Å²) in [6.45, 7) is 38.0. The molecule has 0 saturated heterocycles. The molecule has 0 spiro atoms. The number of hydrogen-bond acceptors (Lipinski definition) is 8. The molecule has 0 aliphatic rings. The van der Waals surface area contributed by atoms with Crippen LogP contribution in [-0.4, -0.2) is 47.5 Å². The monoisotopic (exact) mass is 1250 g/mol. The Morgan fingerprint density at radius 1 is 0.404 bits per heavy atom. The summed E-state index contributed by atoms with van der Waals surface area (Å²) in [4.78, 5) is 36.9. The van der Waals surface area contributed by atoms with Crippen LogP contribution in [0.1, 0.15) is 154 Å². The maximum Gasteiger partial charge on any atom is 0.161 e. The number of nitrogens with zero attached hydrogens (tertiary/aromatic N) is 12. The van der Waals surface area contributed by atoms with Crippen LogP contribution in [-0.2, 0) is 35.5 Å². The van der Waals surface area contributed by atoms with E-state index in [-0.39, 0.29) is 38.7 Å². The zero-order valence-corrected chi connectivity index (χ0v) is 57.4. The average molecular weight is 1250 g/mol. The number of aryl methyl sites for hydroxylation is 4. The molecule has 5 aromatic carbocycles. The lowest BCUT2D eigenvalue weighted by Gasteiger charge is -2.32. The number of benzene rings is 5. The quantitative estimate of drug-likeness (QED) is 0.119. The molecule has 0 aliphatic carbocycles. The number of rotatable bonds is 12. The number of hydrogen-bond donors (Lipinski definition) is 0. The number of imidazole rings is 4. The van der Waals surface area contributed by atoms with Crippen molar-refractivity contribution in [3.63, 3.8) is 0 Å². The SMILES string of the molecule is Cc1ccc2c(ccn3c(CC(C)(C)C)c(N(c4cnc(C(C)(C)C)nc4)c4nc5c6ccc(CCC(C)(C)c7cc(N(c8nc9c%10ccc(F)cc%10ccn9c8C)c8nc9c%10ccc(F)cc%10ccn9c8C)cc(C(C)(C)C)c7)cc6ccn5c4CC(C)(C)C)nc23)c1. The van der Waals surface area contributed by atoms with Crippen molar-refractivity contribution in [1.82, 2.24) is 47.5 Å². The van der Waals surface area contributed by atoms with Crippen molar-refractivity contribution in [1.29, 1.82) is 0 Å². The van der Waals surface area contributed by atoms with Crippen LogP contribution in [0.25, 0.3) is 65.7 Å². The second-order valence-corrected chi connectivity index (χ2v) is 31.4. The summed E-state index contributed by atoms with van der Waals surface area (Å²) < 4.78 is 38.2. The first-order valence-electron chi connectivity index (χ1n) is 32.9. The van der Waals surface area contributed by atoms with Gasteiger partial charge >= 0.3 is 0 Å². The fourth-order valence-electron chi connectivity index (χ4n) is 13.7. The van der Waals surface area contributed by atoms with E-state index in [1.807, 2.05) is 49.1 Å². The summed E-state index contributed by atoms with van der Waals surface area (Å²) in [5.74, 6) is 3.19. The molecule has 14 heteroatoms. The number of aromatic nitrogens is 10. The van der Waals surface area contributed by atoms with E-state index in [1.54, 1.807) is 12.1 Å². The lowest BCUT2D eigenvalue weighted by atomic mass is 9.76. The van der Waals surface area contributed by atoms with Crippen molar-refractivity contribution in [2.24, 2.45) is 10.8 Å². The maximum absolute atomic E-state index is 14.7. The molecule has 0 fully saturated rings. The van der Waals surface area contributed by atoms with E-state index in [9.17, 15) is 8.78 Å². The van der Waals surface area contributed by atoms with Gasteiger partial charge in [0, 0.05) is 57.4 Å². The van der Waals surface area contributed by atoms with Crippen molar-refractivity contribution < 1.29 is 8.78 Å². The van der Waals surface area contributed by atoms with E-state index >= 15 is 0 Å². The third kappa shape index (κ3) is 11.1. The van der Waals surface area contributed by atoms with Crippen LogP contribution >= 0.6 is 0 Å². The molecule has 0 radical (unpaired) electrons. The molecular weight excluding hydrogens is 1170 g/mol. The molecule has 0 N–H and O–H groups in total. The predicted molar refractivity (Wildman–Crippen MR) is 382 cm³/mol. The number of pyridine rings is 4. The third-order valence-electron chi connectivity index (χ3n) is 18.8. The van der Waals surface area contributed by atoms with E-state index in [0.717, 1.165) is 143 Å². The molecule has 12 nitrogen and oxygen atoms in total. The first kappa shape index (κ1) is 61.9. The molecule has 14 rings (SSSR count). The van der Waals surface area contributed by atoms with Gasteiger partial charge in [-0.2, -0.15) is 0 Å². The number of halogens is 2.